The van der Waals surface area contributed by atoms with Gasteiger partial charge in [0.1, 0.15) is 5.75 Å². The van der Waals surface area contributed by atoms with Crippen molar-refractivity contribution in [3.8, 4) is 5.75 Å². The third kappa shape index (κ3) is 4.01. The Hall–Kier alpha value is -1.65. The number of aliphatic carboxylic acids is 1. The number of carbonyl (C=O) groups is 1. The second-order valence-electron chi connectivity index (χ2n) is 3.49. The summed E-state index contributed by atoms with van der Waals surface area (Å²) in [6, 6.07) is 4.34. The molecule has 0 aliphatic carbocycles. The molecule has 0 atom stereocenters. The number of halogens is 2. The van der Waals surface area contributed by atoms with E-state index in [0.29, 0.717) is 17.9 Å². The number of alkyl halides is 2. The van der Waals surface area contributed by atoms with Gasteiger partial charge in [0.15, 0.2) is 0 Å². The summed E-state index contributed by atoms with van der Waals surface area (Å²) in [5.74, 6) is -0.624. The lowest BCUT2D eigenvalue weighted by molar-refractivity contribution is -0.136. The fourth-order valence-corrected chi connectivity index (χ4v) is 1.50. The van der Waals surface area contributed by atoms with Gasteiger partial charge in [-0.2, -0.15) is 0 Å². The molecule has 0 unspecified atom stereocenters. The van der Waals surface area contributed by atoms with Crippen molar-refractivity contribution >= 4 is 5.97 Å². The molecule has 0 heterocycles. The van der Waals surface area contributed by atoms with E-state index in [1.165, 1.54) is 12.1 Å². The van der Waals surface area contributed by atoms with Crippen LogP contribution in [-0.2, 0) is 11.2 Å². The number of hydrogen-bond acceptors (Lipinski definition) is 2. The molecule has 0 aromatic heterocycles. The monoisotopic (exact) mass is 244 g/mol. The van der Waals surface area contributed by atoms with E-state index in [0.717, 1.165) is 0 Å². The molecular weight excluding hydrogens is 230 g/mol. The first kappa shape index (κ1) is 13.4. The van der Waals surface area contributed by atoms with Crippen LogP contribution in [-0.4, -0.2) is 17.7 Å². The van der Waals surface area contributed by atoms with E-state index in [1.54, 1.807) is 13.0 Å². The molecule has 0 radical (unpaired) electrons. The minimum absolute atomic E-state index is 0.0986. The molecule has 0 spiro atoms. The Bertz CT molecular complexity index is 391. The quantitative estimate of drug-likeness (QED) is 0.836. The smallest absolute Gasteiger partial charge is 0.303 e. The molecule has 0 saturated carbocycles. The van der Waals surface area contributed by atoms with E-state index in [4.69, 9.17) is 9.84 Å². The molecule has 94 valence electrons. The van der Waals surface area contributed by atoms with Crippen LogP contribution in [0.1, 0.15) is 30.9 Å². The van der Waals surface area contributed by atoms with Gasteiger partial charge in [-0.05, 0) is 31.0 Å². The van der Waals surface area contributed by atoms with E-state index in [-0.39, 0.29) is 18.4 Å². The molecule has 1 aromatic rings. The van der Waals surface area contributed by atoms with Gasteiger partial charge in [0.2, 0.25) is 0 Å². The van der Waals surface area contributed by atoms with Crippen LogP contribution in [0.3, 0.4) is 0 Å². The fraction of sp³-hybridized carbons (Fsp3) is 0.417. The largest absolute Gasteiger partial charge is 0.494 e. The van der Waals surface area contributed by atoms with Crippen LogP contribution >= 0.6 is 0 Å². The minimum atomic E-state index is -2.63. The van der Waals surface area contributed by atoms with Crippen molar-refractivity contribution in [3.05, 3.63) is 29.3 Å². The number of rotatable bonds is 6. The average Bonchev–Trinajstić information content (AvgIpc) is 2.27. The second-order valence-corrected chi connectivity index (χ2v) is 3.49. The van der Waals surface area contributed by atoms with Gasteiger partial charge in [0, 0.05) is 12.0 Å². The van der Waals surface area contributed by atoms with Gasteiger partial charge >= 0.3 is 5.97 Å². The van der Waals surface area contributed by atoms with Gasteiger partial charge in [-0.3, -0.25) is 4.79 Å². The van der Waals surface area contributed by atoms with E-state index in [9.17, 15) is 13.6 Å². The lowest BCUT2D eigenvalue weighted by Crippen LogP contribution is -2.02. The molecule has 5 heteroatoms. The number of hydrogen-bond donors (Lipinski definition) is 1. The molecule has 1 aromatic carbocycles. The van der Waals surface area contributed by atoms with Crippen molar-refractivity contribution in [2.24, 2.45) is 0 Å². The van der Waals surface area contributed by atoms with E-state index in [2.05, 4.69) is 0 Å². The molecule has 1 rings (SSSR count). The summed E-state index contributed by atoms with van der Waals surface area (Å²) in [7, 11) is 0. The Labute approximate surface area is 98.0 Å². The molecule has 0 bridgehead atoms. The first-order valence-corrected chi connectivity index (χ1v) is 5.30. The van der Waals surface area contributed by atoms with E-state index in [1.807, 2.05) is 0 Å². The van der Waals surface area contributed by atoms with Crippen molar-refractivity contribution in [2.45, 2.75) is 26.2 Å². The summed E-state index contributed by atoms with van der Waals surface area (Å²) >= 11 is 0. The molecule has 0 saturated heterocycles. The van der Waals surface area contributed by atoms with E-state index < -0.39 is 12.4 Å². The maximum atomic E-state index is 12.8. The lowest BCUT2D eigenvalue weighted by atomic mass is 10.0. The van der Waals surface area contributed by atoms with Crippen LogP contribution in [0.25, 0.3) is 0 Å². The Balaban J connectivity index is 2.91. The van der Waals surface area contributed by atoms with Gasteiger partial charge in [-0.25, -0.2) is 8.78 Å². The SMILES string of the molecule is CCOc1ccc(CCC(=O)O)c(C(F)F)c1. The Morgan fingerprint density at radius 1 is 1.47 bits per heavy atom. The Morgan fingerprint density at radius 2 is 2.18 bits per heavy atom. The number of benzene rings is 1. The van der Waals surface area contributed by atoms with Gasteiger partial charge in [-0.1, -0.05) is 6.07 Å². The van der Waals surface area contributed by atoms with Gasteiger partial charge < -0.3 is 9.84 Å². The number of carboxylic acid groups (broad SMARTS) is 1. The molecule has 17 heavy (non-hydrogen) atoms. The van der Waals surface area contributed by atoms with Crippen molar-refractivity contribution in [1.29, 1.82) is 0 Å². The maximum absolute atomic E-state index is 12.8. The van der Waals surface area contributed by atoms with Crippen LogP contribution in [0.5, 0.6) is 5.75 Å². The van der Waals surface area contributed by atoms with Crippen LogP contribution in [0.15, 0.2) is 18.2 Å². The first-order valence-electron chi connectivity index (χ1n) is 5.30. The van der Waals surface area contributed by atoms with Crippen LogP contribution in [0.4, 0.5) is 8.78 Å². The topological polar surface area (TPSA) is 46.5 Å². The van der Waals surface area contributed by atoms with Gasteiger partial charge in [-0.15, -0.1) is 0 Å². The zero-order valence-corrected chi connectivity index (χ0v) is 9.45. The summed E-state index contributed by atoms with van der Waals surface area (Å²) in [6.45, 7) is 2.16. The van der Waals surface area contributed by atoms with Gasteiger partial charge in [0.05, 0.1) is 6.61 Å². The molecule has 0 amide bonds. The summed E-state index contributed by atoms with van der Waals surface area (Å²) in [6.07, 6.45) is -2.69. The van der Waals surface area contributed by atoms with Crippen molar-refractivity contribution in [2.75, 3.05) is 6.61 Å². The van der Waals surface area contributed by atoms with Crippen molar-refractivity contribution < 1.29 is 23.4 Å². The van der Waals surface area contributed by atoms with Crippen LogP contribution in [0.2, 0.25) is 0 Å². The molecule has 0 fully saturated rings. The van der Waals surface area contributed by atoms with Crippen LogP contribution in [0, 0.1) is 0 Å². The third-order valence-electron chi connectivity index (χ3n) is 2.27. The van der Waals surface area contributed by atoms with Crippen molar-refractivity contribution in [3.63, 3.8) is 0 Å². The zero-order valence-electron chi connectivity index (χ0n) is 9.45. The molecule has 3 nitrogen and oxygen atoms in total. The zero-order chi connectivity index (χ0) is 12.8. The standard InChI is InChI=1S/C12H14F2O3/c1-2-17-9-5-3-8(4-6-11(15)16)10(7-9)12(13)14/h3,5,7,12H,2,4,6H2,1H3,(H,15,16). The van der Waals surface area contributed by atoms with E-state index >= 15 is 0 Å². The molecule has 1 N–H and O–H groups in total. The fourth-order valence-electron chi connectivity index (χ4n) is 1.50. The number of carboxylic acids is 1. The first-order chi connectivity index (χ1) is 8.04. The summed E-state index contributed by atoms with van der Waals surface area (Å²) < 4.78 is 30.7. The van der Waals surface area contributed by atoms with Crippen molar-refractivity contribution in [1.82, 2.24) is 0 Å². The molecule has 0 aliphatic heterocycles. The van der Waals surface area contributed by atoms with Crippen LogP contribution < -0.4 is 4.74 Å². The highest BCUT2D eigenvalue weighted by Gasteiger charge is 2.14. The summed E-state index contributed by atoms with van der Waals surface area (Å²) in [5, 5.41) is 8.53. The summed E-state index contributed by atoms with van der Waals surface area (Å²) in [4.78, 5) is 10.4. The highest BCUT2D eigenvalue weighted by Crippen LogP contribution is 2.28. The maximum Gasteiger partial charge on any atom is 0.303 e. The third-order valence-corrected chi connectivity index (χ3v) is 2.27. The predicted molar refractivity (Wildman–Crippen MR) is 58.5 cm³/mol. The Morgan fingerprint density at radius 3 is 2.71 bits per heavy atom. The highest BCUT2D eigenvalue weighted by molar-refractivity contribution is 5.67. The Kier molecular flexibility index (Phi) is 4.87. The predicted octanol–water partition coefficient (Wildman–Crippen LogP) is 3.04. The number of aryl methyl sites for hydroxylation is 1. The highest BCUT2D eigenvalue weighted by atomic mass is 19.3. The minimum Gasteiger partial charge on any atom is -0.494 e. The number of ether oxygens (including phenoxy) is 1. The average molecular weight is 244 g/mol. The normalized spacial score (nSPS) is 10.6. The second kappa shape index (κ2) is 6.18. The van der Waals surface area contributed by atoms with Gasteiger partial charge in [0.25, 0.3) is 6.43 Å². The summed E-state index contributed by atoms with van der Waals surface area (Å²) in [5.41, 5.74) is 0.197. The molecular formula is C12H14F2O3. The molecule has 0 aliphatic rings. The lowest BCUT2D eigenvalue weighted by Gasteiger charge is -2.10.